The van der Waals surface area contributed by atoms with Crippen molar-refractivity contribution in [3.63, 3.8) is 0 Å². The quantitative estimate of drug-likeness (QED) is 0.301. The molecule has 0 atom stereocenters. The van der Waals surface area contributed by atoms with Crippen LogP contribution in [0.2, 0.25) is 0 Å². The number of nitrogens with one attached hydrogen (secondary N) is 1. The summed E-state index contributed by atoms with van der Waals surface area (Å²) in [6, 6.07) is 0. The third-order valence-corrected chi connectivity index (χ3v) is 2.09. The van der Waals surface area contributed by atoms with Crippen molar-refractivity contribution in [1.82, 2.24) is 4.72 Å². The molecule has 70 valence electrons. The molecule has 0 radical (unpaired) electrons. The average Bonchev–Trinajstić information content (AvgIpc) is 1.86. The number of hydrogen-bond donors (Lipinski definition) is 2. The fourth-order valence-corrected chi connectivity index (χ4v) is 0.182. The molecule has 0 spiro atoms. The Labute approximate surface area is 102 Å². The summed E-state index contributed by atoms with van der Waals surface area (Å²) in [5.74, 6) is 0. The van der Waals surface area contributed by atoms with E-state index in [1.165, 1.54) is 0 Å². The molecule has 0 unspecified atom stereocenters. The van der Waals surface area contributed by atoms with Crippen LogP contribution in [-0.4, -0.2) is 61.4 Å². The van der Waals surface area contributed by atoms with Crippen LogP contribution in [0.1, 0.15) is 0 Å². The van der Waals surface area contributed by atoms with Gasteiger partial charge in [-0.2, -0.15) is 8.42 Å². The first-order chi connectivity index (χ1) is 4.97. The van der Waals surface area contributed by atoms with Crippen molar-refractivity contribution >= 4 is 67.9 Å². The zero-order valence-corrected chi connectivity index (χ0v) is 8.42. The van der Waals surface area contributed by atoms with E-state index >= 15 is 0 Å². The summed E-state index contributed by atoms with van der Waals surface area (Å²) in [6.45, 7) is 0. The van der Waals surface area contributed by atoms with Crippen LogP contribution < -0.4 is 4.72 Å². The third-order valence-electron chi connectivity index (χ3n) is 0.364. The molecule has 5 nitrogen and oxygen atoms in total. The Morgan fingerprint density at radius 3 is 1.67 bits per heavy atom. The van der Waals surface area contributed by atoms with Crippen LogP contribution >= 0.6 is 21.6 Å². The molecule has 9 heteroatoms. The van der Waals surface area contributed by atoms with Crippen molar-refractivity contribution in [3.8, 4) is 0 Å². The molecule has 1 amide bonds. The summed E-state index contributed by atoms with van der Waals surface area (Å²) in [7, 11) is -0.746. The molecule has 0 aromatic heterocycles. The molecule has 0 saturated carbocycles. The van der Waals surface area contributed by atoms with Gasteiger partial charge < -0.3 is 0 Å². The van der Waals surface area contributed by atoms with E-state index < -0.39 is 10.3 Å². The molecule has 0 rings (SSSR count). The molecular formula is C3H10NNaO4S3. The molecule has 0 fully saturated rings. The molecule has 12 heavy (non-hydrogen) atoms. The van der Waals surface area contributed by atoms with Crippen LogP contribution in [0.3, 0.4) is 0 Å². The molecule has 0 aliphatic carbocycles. The predicted molar refractivity (Wildman–Crippen MR) is 54.9 cm³/mol. The van der Waals surface area contributed by atoms with Gasteiger partial charge in [0.05, 0.1) is 0 Å². The van der Waals surface area contributed by atoms with E-state index in [1.807, 2.05) is 0 Å². The van der Waals surface area contributed by atoms with Crippen molar-refractivity contribution in [2.24, 2.45) is 0 Å². The second-order valence-corrected chi connectivity index (χ2v) is 4.90. The molecule has 0 saturated heterocycles. The number of amides is 1. The summed E-state index contributed by atoms with van der Waals surface area (Å²) in [6.07, 6.45) is 3.99. The van der Waals surface area contributed by atoms with Gasteiger partial charge in [0, 0.05) is 0 Å². The van der Waals surface area contributed by atoms with Gasteiger partial charge in [0.2, 0.25) is 6.41 Å². The fraction of sp³-hybridized carbons (Fsp3) is 0.667. The molecule has 0 bridgehead atoms. The van der Waals surface area contributed by atoms with Gasteiger partial charge in [-0.3, -0.25) is 9.35 Å². The van der Waals surface area contributed by atoms with Gasteiger partial charge in [0.25, 0.3) is 0 Å². The van der Waals surface area contributed by atoms with Crippen molar-refractivity contribution in [1.29, 1.82) is 0 Å². The number of carbonyl (C=O) groups excluding carboxylic acids is 1. The van der Waals surface area contributed by atoms with Gasteiger partial charge in [0.1, 0.15) is 0 Å². The predicted octanol–water partition coefficient (Wildman–Crippen LogP) is -0.486. The van der Waals surface area contributed by atoms with Crippen LogP contribution in [0.15, 0.2) is 0 Å². The van der Waals surface area contributed by atoms with Crippen LogP contribution in [0.25, 0.3) is 0 Å². The van der Waals surface area contributed by atoms with Crippen molar-refractivity contribution in [2.75, 3.05) is 12.5 Å². The van der Waals surface area contributed by atoms with Crippen LogP contribution in [-0.2, 0) is 15.1 Å². The van der Waals surface area contributed by atoms with Crippen molar-refractivity contribution < 1.29 is 17.8 Å². The third kappa shape index (κ3) is 30.5. The molecule has 0 aliphatic heterocycles. The molecule has 0 aliphatic rings. The Bertz CT molecular complexity index is 180. The zero-order valence-electron chi connectivity index (χ0n) is 5.97. The summed E-state index contributed by atoms with van der Waals surface area (Å²) in [4.78, 5) is 9.17. The van der Waals surface area contributed by atoms with E-state index in [9.17, 15) is 13.2 Å². The van der Waals surface area contributed by atoms with E-state index in [2.05, 4.69) is 12.5 Å². The summed E-state index contributed by atoms with van der Waals surface area (Å²) in [5, 5.41) is 0. The molecule has 2 N–H and O–H groups in total. The molecule has 0 heterocycles. The topological polar surface area (TPSA) is 83.5 Å². The van der Waals surface area contributed by atoms with E-state index in [0.29, 0.717) is 0 Å². The van der Waals surface area contributed by atoms with Crippen molar-refractivity contribution in [3.05, 3.63) is 0 Å². The summed E-state index contributed by atoms with van der Waals surface area (Å²) < 4.78 is 27.7. The van der Waals surface area contributed by atoms with Gasteiger partial charge in [-0.1, -0.05) is 21.6 Å². The number of hydrogen-bond acceptors (Lipinski definition) is 5. The molecule has 0 aromatic carbocycles. The Morgan fingerprint density at radius 1 is 1.33 bits per heavy atom. The van der Waals surface area contributed by atoms with Gasteiger partial charge in [0.15, 0.2) is 0 Å². The zero-order chi connectivity index (χ0) is 9.33. The van der Waals surface area contributed by atoms with E-state index in [1.54, 1.807) is 21.6 Å². The summed E-state index contributed by atoms with van der Waals surface area (Å²) >= 11 is 0. The Balaban J connectivity index is -0.000000142. The van der Waals surface area contributed by atoms with Gasteiger partial charge in [-0.05, 0) is 12.5 Å². The monoisotopic (exact) mass is 243 g/mol. The second-order valence-electron chi connectivity index (χ2n) is 1.04. The maximum atomic E-state index is 9.44. The number of rotatable bonds is 3. The van der Waals surface area contributed by atoms with E-state index in [-0.39, 0.29) is 36.0 Å². The summed E-state index contributed by atoms with van der Waals surface area (Å²) in [5.41, 5.74) is 0. The molecule has 0 aromatic rings. The average molecular weight is 243 g/mol. The molecular weight excluding hydrogens is 233 g/mol. The Kier molecular flexibility index (Phi) is 18.9. The van der Waals surface area contributed by atoms with Gasteiger partial charge in [-0.25, -0.2) is 4.72 Å². The SMILES string of the molecule is CSSC.O=CNS(=O)(=O)O.[NaH]. The Hall–Kier alpha value is 1.08. The van der Waals surface area contributed by atoms with E-state index in [0.717, 1.165) is 4.72 Å². The normalized spacial score (nSPS) is 8.58. The maximum absolute atomic E-state index is 9.44. The number of carbonyl (C=O) groups is 1. The van der Waals surface area contributed by atoms with Crippen LogP contribution in [0, 0.1) is 0 Å². The minimum absolute atomic E-state index is 0. The minimum atomic E-state index is -4.29. The van der Waals surface area contributed by atoms with E-state index in [4.69, 9.17) is 4.55 Å². The first kappa shape index (κ1) is 18.8. The fourth-order valence-electron chi connectivity index (χ4n) is 0.0608. The standard InChI is InChI=1S/C2H6S2.CH3NO4S.Na.H/c1-3-4-2;3-1-2-7(4,5)6;;/h1-2H3;1H,(H,2,3)(H,4,5,6);;. The first-order valence-electron chi connectivity index (χ1n) is 2.23. The van der Waals surface area contributed by atoms with Crippen LogP contribution in [0.5, 0.6) is 0 Å². The first-order valence-corrected chi connectivity index (χ1v) is 6.63. The second kappa shape index (κ2) is 12.1. The van der Waals surface area contributed by atoms with Crippen molar-refractivity contribution in [2.45, 2.75) is 0 Å². The Morgan fingerprint density at radius 2 is 1.67 bits per heavy atom. The van der Waals surface area contributed by atoms with Gasteiger partial charge >= 0.3 is 39.9 Å². The van der Waals surface area contributed by atoms with Gasteiger partial charge in [-0.15, -0.1) is 0 Å². The van der Waals surface area contributed by atoms with Crippen LogP contribution in [0.4, 0.5) is 0 Å².